The van der Waals surface area contributed by atoms with Gasteiger partial charge in [0.2, 0.25) is 0 Å². The highest BCUT2D eigenvalue weighted by atomic mass is 14.4. The van der Waals surface area contributed by atoms with Gasteiger partial charge in [0.05, 0.1) is 0 Å². The summed E-state index contributed by atoms with van der Waals surface area (Å²) in [6.45, 7) is 23.0. The molecule has 0 aromatic heterocycles. The van der Waals surface area contributed by atoms with Gasteiger partial charge in [-0.25, -0.2) is 0 Å². The topological polar surface area (TPSA) is 0 Å². The van der Waals surface area contributed by atoms with E-state index >= 15 is 0 Å². The fourth-order valence-corrected chi connectivity index (χ4v) is 3.48. The molecule has 3 atom stereocenters. The van der Waals surface area contributed by atoms with E-state index in [9.17, 15) is 0 Å². The van der Waals surface area contributed by atoms with E-state index in [4.69, 9.17) is 0 Å². The molecule has 140 valence electrons. The van der Waals surface area contributed by atoms with Crippen LogP contribution in [0.15, 0.2) is 12.2 Å². The van der Waals surface area contributed by atoms with Crippen molar-refractivity contribution in [3.05, 3.63) is 12.2 Å². The highest BCUT2D eigenvalue weighted by Crippen LogP contribution is 2.48. The van der Waals surface area contributed by atoms with E-state index in [0.29, 0.717) is 10.8 Å². The van der Waals surface area contributed by atoms with Gasteiger partial charge in [0.1, 0.15) is 0 Å². The van der Waals surface area contributed by atoms with Crippen LogP contribution in [0.3, 0.4) is 0 Å². The molecule has 0 aromatic rings. The van der Waals surface area contributed by atoms with Crippen molar-refractivity contribution in [1.29, 1.82) is 0 Å². The third-order valence-corrected chi connectivity index (χ3v) is 5.96. The number of hydrogen-bond donors (Lipinski definition) is 0. The minimum Gasteiger partial charge on any atom is -0.0885 e. The van der Waals surface area contributed by atoms with Crippen LogP contribution in [0.25, 0.3) is 0 Å². The standard InChI is InChI=1S/C13H28.C8H14.C2H6/c1-8-10-13(7,11(3)9-2)12(4,5)6;1-8-6-4-2-3-5-7-8;1-2/h11H,8-10H2,1-7H3;2,4,8H,3,5-7H2,1H3;1-2H3. The van der Waals surface area contributed by atoms with Crippen molar-refractivity contribution in [2.24, 2.45) is 22.7 Å². The first kappa shape index (κ1) is 25.0. The monoisotopic (exact) mass is 324 g/mol. The second kappa shape index (κ2) is 13.1. The van der Waals surface area contributed by atoms with Gasteiger partial charge in [0.25, 0.3) is 0 Å². The van der Waals surface area contributed by atoms with E-state index in [1.807, 2.05) is 13.8 Å². The maximum absolute atomic E-state index is 2.46. The van der Waals surface area contributed by atoms with Gasteiger partial charge in [-0.3, -0.25) is 0 Å². The maximum Gasteiger partial charge on any atom is -0.0252 e. The molecule has 23 heavy (non-hydrogen) atoms. The summed E-state index contributed by atoms with van der Waals surface area (Å²) in [4.78, 5) is 0. The average molecular weight is 325 g/mol. The molecule has 3 unspecified atom stereocenters. The van der Waals surface area contributed by atoms with Crippen molar-refractivity contribution in [2.45, 2.75) is 114 Å². The molecule has 0 nitrogen and oxygen atoms in total. The quantitative estimate of drug-likeness (QED) is 0.454. The summed E-state index contributed by atoms with van der Waals surface area (Å²) < 4.78 is 0. The Kier molecular flexibility index (Phi) is 14.2. The van der Waals surface area contributed by atoms with Crippen molar-refractivity contribution in [1.82, 2.24) is 0 Å². The predicted octanol–water partition coefficient (Wildman–Crippen LogP) is 8.66. The number of allylic oxidation sites excluding steroid dienone is 2. The Bertz CT molecular complexity index is 281. The van der Waals surface area contributed by atoms with Gasteiger partial charge < -0.3 is 0 Å². The molecule has 1 rings (SSSR count). The summed E-state index contributed by atoms with van der Waals surface area (Å²) >= 11 is 0. The summed E-state index contributed by atoms with van der Waals surface area (Å²) in [7, 11) is 0. The number of rotatable bonds is 4. The molecule has 0 aromatic carbocycles. The van der Waals surface area contributed by atoms with Gasteiger partial charge in [-0.05, 0) is 48.3 Å². The lowest BCUT2D eigenvalue weighted by Crippen LogP contribution is -2.38. The molecule has 1 aliphatic rings. The van der Waals surface area contributed by atoms with Crippen LogP contribution < -0.4 is 0 Å². The van der Waals surface area contributed by atoms with E-state index in [1.165, 1.54) is 44.9 Å². The minimum absolute atomic E-state index is 0.429. The Morgan fingerprint density at radius 3 is 2.04 bits per heavy atom. The first-order chi connectivity index (χ1) is 10.7. The molecule has 0 spiro atoms. The van der Waals surface area contributed by atoms with E-state index < -0.39 is 0 Å². The summed E-state index contributed by atoms with van der Waals surface area (Å²) in [5.41, 5.74) is 0.926. The zero-order valence-electron chi connectivity index (χ0n) is 18.3. The van der Waals surface area contributed by atoms with Crippen molar-refractivity contribution in [3.8, 4) is 0 Å². The fourth-order valence-electron chi connectivity index (χ4n) is 3.48. The Hall–Kier alpha value is -0.260. The lowest BCUT2D eigenvalue weighted by Gasteiger charge is -2.46. The molecule has 0 amide bonds. The SMILES string of the molecule is CC.CC1CC=CCCC1.CCCC(C)(C(C)CC)C(C)(C)C. The summed E-state index contributed by atoms with van der Waals surface area (Å²) in [5.74, 6) is 1.76. The predicted molar refractivity (Wildman–Crippen MR) is 110 cm³/mol. The molecular weight excluding hydrogens is 276 g/mol. The van der Waals surface area contributed by atoms with Gasteiger partial charge in [0.15, 0.2) is 0 Å². The molecule has 1 aliphatic carbocycles. The van der Waals surface area contributed by atoms with Gasteiger partial charge in [-0.2, -0.15) is 0 Å². The second-order valence-electron chi connectivity index (χ2n) is 8.47. The van der Waals surface area contributed by atoms with Gasteiger partial charge in [0, 0.05) is 0 Å². The molecule has 0 heteroatoms. The van der Waals surface area contributed by atoms with E-state index in [-0.39, 0.29) is 0 Å². The van der Waals surface area contributed by atoms with E-state index in [0.717, 1.165) is 11.8 Å². The van der Waals surface area contributed by atoms with Crippen LogP contribution in [0.1, 0.15) is 114 Å². The van der Waals surface area contributed by atoms with Crippen LogP contribution in [0, 0.1) is 22.7 Å². The van der Waals surface area contributed by atoms with Crippen molar-refractivity contribution >= 4 is 0 Å². The Balaban J connectivity index is 0. The zero-order valence-corrected chi connectivity index (χ0v) is 18.3. The van der Waals surface area contributed by atoms with Crippen molar-refractivity contribution < 1.29 is 0 Å². The van der Waals surface area contributed by atoms with Gasteiger partial charge in [-0.1, -0.05) is 101 Å². The van der Waals surface area contributed by atoms with Gasteiger partial charge >= 0.3 is 0 Å². The van der Waals surface area contributed by atoms with Crippen molar-refractivity contribution in [2.75, 3.05) is 0 Å². The molecule has 0 heterocycles. The molecule has 0 N–H and O–H groups in total. The fraction of sp³-hybridized carbons (Fsp3) is 0.913. The molecule has 0 bridgehead atoms. The number of hydrogen-bond acceptors (Lipinski definition) is 0. The minimum atomic E-state index is 0.429. The third-order valence-electron chi connectivity index (χ3n) is 5.96. The highest BCUT2D eigenvalue weighted by molar-refractivity contribution is 4.89. The van der Waals surface area contributed by atoms with Crippen LogP contribution in [0.5, 0.6) is 0 Å². The summed E-state index contributed by atoms with van der Waals surface area (Å²) in [5, 5.41) is 0. The smallest absolute Gasteiger partial charge is 0.0252 e. The van der Waals surface area contributed by atoms with Crippen LogP contribution in [-0.4, -0.2) is 0 Å². The zero-order chi connectivity index (χ0) is 18.5. The Labute approximate surface area is 149 Å². The van der Waals surface area contributed by atoms with Crippen molar-refractivity contribution in [3.63, 3.8) is 0 Å². The first-order valence-electron chi connectivity index (χ1n) is 10.3. The molecule has 0 aliphatic heterocycles. The Morgan fingerprint density at radius 1 is 1.04 bits per heavy atom. The average Bonchev–Trinajstić information content (AvgIpc) is 2.75. The molecule has 0 radical (unpaired) electrons. The van der Waals surface area contributed by atoms with E-state index in [2.05, 4.69) is 67.5 Å². The maximum atomic E-state index is 2.46. The molecule has 0 fully saturated rings. The van der Waals surface area contributed by atoms with Crippen LogP contribution in [0.4, 0.5) is 0 Å². The second-order valence-corrected chi connectivity index (χ2v) is 8.47. The summed E-state index contributed by atoms with van der Waals surface area (Å²) in [6, 6.07) is 0. The van der Waals surface area contributed by atoms with Crippen LogP contribution in [-0.2, 0) is 0 Å². The lowest BCUT2D eigenvalue weighted by atomic mass is 9.59. The first-order valence-corrected chi connectivity index (χ1v) is 10.3. The molecular formula is C23H48. The largest absolute Gasteiger partial charge is 0.0885 e. The van der Waals surface area contributed by atoms with Crippen LogP contribution >= 0.6 is 0 Å². The Morgan fingerprint density at radius 2 is 1.61 bits per heavy atom. The van der Waals surface area contributed by atoms with Gasteiger partial charge in [-0.15, -0.1) is 0 Å². The van der Waals surface area contributed by atoms with Crippen LogP contribution in [0.2, 0.25) is 0 Å². The third kappa shape index (κ3) is 9.58. The normalized spacial score (nSPS) is 21.7. The lowest BCUT2D eigenvalue weighted by molar-refractivity contribution is 0.0301. The van der Waals surface area contributed by atoms with E-state index in [1.54, 1.807) is 0 Å². The highest BCUT2D eigenvalue weighted by Gasteiger charge is 2.39. The summed E-state index contributed by atoms with van der Waals surface area (Å²) in [6.07, 6.45) is 14.0. The molecule has 0 saturated carbocycles. The molecule has 0 saturated heterocycles.